The van der Waals surface area contributed by atoms with Gasteiger partial charge >= 0.3 is 12.0 Å². The number of allylic oxidation sites excluding steroid dienone is 1. The van der Waals surface area contributed by atoms with E-state index in [9.17, 15) is 9.59 Å². The average molecular weight is 475 g/mol. The first-order valence-corrected chi connectivity index (χ1v) is 11.9. The van der Waals surface area contributed by atoms with Gasteiger partial charge in [-0.1, -0.05) is 31.5 Å². The molecular formula is C27H30N4O4. The number of carbonyl (C=O) groups excluding carboxylic acids is 2. The van der Waals surface area contributed by atoms with Gasteiger partial charge in [0.15, 0.2) is 0 Å². The number of urea groups is 1. The number of amides is 2. The summed E-state index contributed by atoms with van der Waals surface area (Å²) in [6.45, 7) is 6.46. The van der Waals surface area contributed by atoms with E-state index in [0.717, 1.165) is 29.8 Å². The van der Waals surface area contributed by atoms with Crippen molar-refractivity contribution < 1.29 is 19.1 Å². The van der Waals surface area contributed by atoms with Crippen molar-refractivity contribution in [1.29, 1.82) is 0 Å². The van der Waals surface area contributed by atoms with Crippen LogP contribution in [0.25, 0.3) is 16.9 Å². The van der Waals surface area contributed by atoms with Gasteiger partial charge in [0.05, 0.1) is 36.2 Å². The lowest BCUT2D eigenvalue weighted by Gasteiger charge is -2.27. The third-order valence-electron chi connectivity index (χ3n) is 5.73. The highest BCUT2D eigenvalue weighted by Crippen LogP contribution is 2.35. The molecule has 0 spiro atoms. The summed E-state index contributed by atoms with van der Waals surface area (Å²) in [6.07, 6.45) is 3.90. The fraction of sp³-hybridized carbons (Fsp3) is 0.296. The minimum Gasteiger partial charge on any atom is -0.494 e. The molecule has 2 N–H and O–H groups in total. The lowest BCUT2D eigenvalue weighted by molar-refractivity contribution is -0.139. The molecule has 1 aromatic heterocycles. The molecule has 2 heterocycles. The van der Waals surface area contributed by atoms with Crippen LogP contribution >= 0.6 is 0 Å². The second-order valence-corrected chi connectivity index (χ2v) is 8.23. The molecule has 1 aliphatic heterocycles. The number of nitrogens with zero attached hydrogens (tertiary/aromatic N) is 2. The summed E-state index contributed by atoms with van der Waals surface area (Å²) in [5.41, 5.74) is 3.83. The van der Waals surface area contributed by atoms with Crippen LogP contribution in [0.3, 0.4) is 0 Å². The predicted molar refractivity (Wildman–Crippen MR) is 133 cm³/mol. The molecule has 1 aliphatic rings. The highest BCUT2D eigenvalue weighted by atomic mass is 16.5. The van der Waals surface area contributed by atoms with Gasteiger partial charge in [0.1, 0.15) is 5.75 Å². The fourth-order valence-corrected chi connectivity index (χ4v) is 3.99. The number of hydrogen-bond acceptors (Lipinski definition) is 5. The zero-order valence-electron chi connectivity index (χ0n) is 20.2. The van der Waals surface area contributed by atoms with E-state index >= 15 is 0 Å². The third-order valence-corrected chi connectivity index (χ3v) is 5.73. The average Bonchev–Trinajstić information content (AvgIpc) is 3.30. The molecule has 35 heavy (non-hydrogen) atoms. The Balaban J connectivity index is 1.80. The van der Waals surface area contributed by atoms with E-state index in [1.807, 2.05) is 60.8 Å². The summed E-state index contributed by atoms with van der Waals surface area (Å²) < 4.78 is 12.9. The first kappa shape index (κ1) is 24.1. The van der Waals surface area contributed by atoms with Gasteiger partial charge in [0.25, 0.3) is 0 Å². The zero-order chi connectivity index (χ0) is 24.8. The summed E-state index contributed by atoms with van der Waals surface area (Å²) in [5.74, 6) is 0.296. The molecule has 3 aromatic rings. The Morgan fingerprint density at radius 2 is 1.83 bits per heavy atom. The van der Waals surface area contributed by atoms with Crippen molar-refractivity contribution in [1.82, 2.24) is 20.4 Å². The van der Waals surface area contributed by atoms with Gasteiger partial charge in [-0.05, 0) is 56.7 Å². The summed E-state index contributed by atoms with van der Waals surface area (Å²) in [4.78, 5) is 25.3. The number of esters is 1. The van der Waals surface area contributed by atoms with Gasteiger partial charge in [-0.3, -0.25) is 0 Å². The smallest absolute Gasteiger partial charge is 0.338 e. The molecule has 0 unspecified atom stereocenters. The quantitative estimate of drug-likeness (QED) is 0.339. The highest BCUT2D eigenvalue weighted by Gasteiger charge is 2.35. The van der Waals surface area contributed by atoms with Crippen molar-refractivity contribution in [3.8, 4) is 22.7 Å². The number of carbonyl (C=O) groups is 2. The van der Waals surface area contributed by atoms with Crippen LogP contribution in [-0.4, -0.2) is 35.0 Å². The highest BCUT2D eigenvalue weighted by molar-refractivity contribution is 5.95. The lowest BCUT2D eigenvalue weighted by Crippen LogP contribution is -2.45. The Hall–Kier alpha value is -4.07. The van der Waals surface area contributed by atoms with E-state index in [4.69, 9.17) is 14.6 Å². The molecule has 0 aliphatic carbocycles. The number of rotatable bonds is 9. The topological polar surface area (TPSA) is 94.5 Å². The molecule has 0 saturated heterocycles. The van der Waals surface area contributed by atoms with E-state index < -0.39 is 18.0 Å². The number of benzene rings is 2. The Labute approximate surface area is 204 Å². The summed E-state index contributed by atoms with van der Waals surface area (Å²) >= 11 is 0. The number of nitrogens with one attached hydrogen (secondary N) is 2. The zero-order valence-corrected chi connectivity index (χ0v) is 20.2. The molecule has 2 aromatic carbocycles. The molecule has 0 saturated carbocycles. The monoisotopic (exact) mass is 474 g/mol. The number of para-hydroxylation sites is 1. The molecule has 182 valence electrons. The molecule has 0 radical (unpaired) electrons. The largest absolute Gasteiger partial charge is 0.494 e. The summed E-state index contributed by atoms with van der Waals surface area (Å²) in [6, 6.07) is 16.3. The first-order chi connectivity index (χ1) is 17.0. The second-order valence-electron chi connectivity index (χ2n) is 8.23. The molecule has 1 atom stereocenters. The maximum Gasteiger partial charge on any atom is 0.338 e. The van der Waals surface area contributed by atoms with Gasteiger partial charge in [-0.25, -0.2) is 14.3 Å². The molecule has 8 nitrogen and oxygen atoms in total. The van der Waals surface area contributed by atoms with Gasteiger partial charge in [0, 0.05) is 23.0 Å². The van der Waals surface area contributed by atoms with Crippen molar-refractivity contribution in [2.24, 2.45) is 0 Å². The number of unbranched alkanes of at least 4 members (excludes halogenated alkanes) is 1. The van der Waals surface area contributed by atoms with Crippen LogP contribution < -0.4 is 15.4 Å². The van der Waals surface area contributed by atoms with Crippen LogP contribution in [-0.2, 0) is 9.53 Å². The van der Waals surface area contributed by atoms with Crippen molar-refractivity contribution in [2.75, 3.05) is 13.2 Å². The number of ether oxygens (including phenoxy) is 2. The number of aromatic nitrogens is 2. The van der Waals surface area contributed by atoms with E-state index in [2.05, 4.69) is 17.6 Å². The minimum atomic E-state index is -0.726. The SMILES string of the molecule is CCCCOc1ccc(-c2nn(-c3ccccc3)cc2[C@H]2NC(=O)NC(C)=C2C(=O)OCC)cc1. The van der Waals surface area contributed by atoms with E-state index in [-0.39, 0.29) is 6.61 Å². The van der Waals surface area contributed by atoms with Crippen molar-refractivity contribution in [2.45, 2.75) is 39.7 Å². The van der Waals surface area contributed by atoms with Gasteiger partial charge < -0.3 is 20.1 Å². The Kier molecular flexibility index (Phi) is 7.50. The molecule has 0 fully saturated rings. The summed E-state index contributed by atoms with van der Waals surface area (Å²) in [5, 5.41) is 10.4. The van der Waals surface area contributed by atoms with E-state index in [1.54, 1.807) is 18.5 Å². The lowest BCUT2D eigenvalue weighted by atomic mass is 9.94. The van der Waals surface area contributed by atoms with E-state index in [0.29, 0.717) is 29.1 Å². The maximum atomic E-state index is 12.9. The minimum absolute atomic E-state index is 0.228. The normalized spacial score (nSPS) is 15.4. The maximum absolute atomic E-state index is 12.9. The molecule has 0 bridgehead atoms. The molecule has 4 rings (SSSR count). The van der Waals surface area contributed by atoms with Crippen molar-refractivity contribution in [3.05, 3.63) is 77.6 Å². The predicted octanol–water partition coefficient (Wildman–Crippen LogP) is 4.91. The van der Waals surface area contributed by atoms with Crippen LogP contribution in [0.4, 0.5) is 4.79 Å². The van der Waals surface area contributed by atoms with Gasteiger partial charge in [-0.2, -0.15) is 5.10 Å². The third kappa shape index (κ3) is 5.37. The van der Waals surface area contributed by atoms with Crippen molar-refractivity contribution in [3.63, 3.8) is 0 Å². The van der Waals surface area contributed by atoms with Crippen LogP contribution in [0.1, 0.15) is 45.2 Å². The fourth-order valence-electron chi connectivity index (χ4n) is 3.99. The molecule has 2 amide bonds. The Morgan fingerprint density at radius 3 is 2.51 bits per heavy atom. The first-order valence-electron chi connectivity index (χ1n) is 11.9. The summed E-state index contributed by atoms with van der Waals surface area (Å²) in [7, 11) is 0. The number of hydrogen-bond donors (Lipinski definition) is 2. The van der Waals surface area contributed by atoms with Crippen LogP contribution in [0.2, 0.25) is 0 Å². The van der Waals surface area contributed by atoms with Gasteiger partial charge in [-0.15, -0.1) is 0 Å². The van der Waals surface area contributed by atoms with Gasteiger partial charge in [0.2, 0.25) is 0 Å². The Bertz CT molecular complexity index is 1220. The van der Waals surface area contributed by atoms with Crippen LogP contribution in [0.5, 0.6) is 5.75 Å². The standard InChI is InChI=1S/C27H30N4O4/c1-4-6-16-35-21-14-12-19(13-15-21)24-22(17-31(30-24)20-10-8-7-9-11-20)25-23(26(32)34-5-2)18(3)28-27(33)29-25/h7-15,17,25H,4-6,16H2,1-3H3,(H2,28,29,33)/t25-/m1/s1. The van der Waals surface area contributed by atoms with Crippen LogP contribution in [0, 0.1) is 0 Å². The molecule has 8 heteroatoms. The van der Waals surface area contributed by atoms with Crippen LogP contribution in [0.15, 0.2) is 72.1 Å². The second kappa shape index (κ2) is 10.9. The van der Waals surface area contributed by atoms with E-state index in [1.165, 1.54) is 0 Å². The van der Waals surface area contributed by atoms with Crippen molar-refractivity contribution >= 4 is 12.0 Å². The molecular weight excluding hydrogens is 444 g/mol. The Morgan fingerprint density at radius 1 is 1.09 bits per heavy atom.